The fourth-order valence-electron chi connectivity index (χ4n) is 1.45. The molecule has 23 heavy (non-hydrogen) atoms. The van der Waals surface area contributed by atoms with E-state index in [1.165, 1.54) is 26.1 Å². The van der Waals surface area contributed by atoms with Crippen LogP contribution in [0.3, 0.4) is 0 Å². The number of carbonyl (C=O) groups excluding carboxylic acids is 3. The number of esters is 1. The van der Waals surface area contributed by atoms with Crippen LogP contribution in [0.15, 0.2) is 23.1 Å². The summed E-state index contributed by atoms with van der Waals surface area (Å²) >= 11 is 5.79. The van der Waals surface area contributed by atoms with Gasteiger partial charge in [-0.05, 0) is 32.2 Å². The second-order valence-corrected chi connectivity index (χ2v) is 6.52. The maximum absolute atomic E-state index is 11.9. The zero-order valence-electron chi connectivity index (χ0n) is 12.1. The van der Waals surface area contributed by atoms with Crippen molar-refractivity contribution in [1.82, 2.24) is 10.0 Å². The molecule has 126 valence electrons. The predicted octanol–water partition coefficient (Wildman–Crippen LogP) is -0.0117. The number of halogens is 1. The van der Waals surface area contributed by atoms with Crippen LogP contribution in [0.1, 0.15) is 17.3 Å². The smallest absolute Gasteiger partial charge is 0.338 e. The summed E-state index contributed by atoms with van der Waals surface area (Å²) in [6.07, 6.45) is -1.31. The number of amides is 3. The van der Waals surface area contributed by atoms with Gasteiger partial charge in [0, 0.05) is 0 Å². The summed E-state index contributed by atoms with van der Waals surface area (Å²) in [4.78, 5) is 33.6. The highest BCUT2D eigenvalue weighted by atomic mass is 35.5. The van der Waals surface area contributed by atoms with Gasteiger partial charge in [0.1, 0.15) is 4.90 Å². The Kier molecular flexibility index (Phi) is 6.07. The van der Waals surface area contributed by atoms with Gasteiger partial charge in [-0.15, -0.1) is 0 Å². The molecule has 0 aliphatic rings. The number of primary amides is 1. The molecule has 9 nitrogen and oxygen atoms in total. The number of nitrogens with one attached hydrogen (secondary N) is 2. The summed E-state index contributed by atoms with van der Waals surface area (Å²) in [5.74, 6) is -1.88. The topological polar surface area (TPSA) is 145 Å². The van der Waals surface area contributed by atoms with Gasteiger partial charge in [0.15, 0.2) is 6.10 Å². The predicted molar refractivity (Wildman–Crippen MR) is 80.3 cm³/mol. The molecule has 0 aliphatic carbocycles. The van der Waals surface area contributed by atoms with Crippen molar-refractivity contribution < 1.29 is 27.5 Å². The van der Waals surface area contributed by atoms with Gasteiger partial charge in [-0.3, -0.25) is 10.1 Å². The van der Waals surface area contributed by atoms with Gasteiger partial charge in [-0.2, -0.15) is 0 Å². The molecule has 4 N–H and O–H groups in total. The van der Waals surface area contributed by atoms with Crippen molar-refractivity contribution in [2.75, 3.05) is 7.05 Å². The first-order valence-electron chi connectivity index (χ1n) is 6.13. The van der Waals surface area contributed by atoms with Crippen molar-refractivity contribution in [3.8, 4) is 0 Å². The molecule has 1 aromatic rings. The SMILES string of the molecule is CNS(=O)(=O)c1cc(C(=O)O[C@H](C)C(=O)NC(N)=O)ccc1Cl. The number of hydrogen-bond acceptors (Lipinski definition) is 6. The molecule has 0 saturated carbocycles. The van der Waals surface area contributed by atoms with Crippen molar-refractivity contribution in [3.05, 3.63) is 28.8 Å². The summed E-state index contributed by atoms with van der Waals surface area (Å²) in [6, 6.07) is 2.36. The van der Waals surface area contributed by atoms with Crippen molar-refractivity contribution in [2.24, 2.45) is 5.73 Å². The van der Waals surface area contributed by atoms with Crippen molar-refractivity contribution in [2.45, 2.75) is 17.9 Å². The van der Waals surface area contributed by atoms with Crippen molar-refractivity contribution in [3.63, 3.8) is 0 Å². The Morgan fingerprint density at radius 1 is 1.30 bits per heavy atom. The maximum atomic E-state index is 11.9. The van der Waals surface area contributed by atoms with E-state index in [4.69, 9.17) is 22.1 Å². The number of imide groups is 1. The Hall–Kier alpha value is -2.17. The van der Waals surface area contributed by atoms with E-state index in [1.54, 1.807) is 5.32 Å². The molecule has 0 radical (unpaired) electrons. The molecule has 1 aromatic carbocycles. The van der Waals surface area contributed by atoms with E-state index in [0.29, 0.717) is 0 Å². The Morgan fingerprint density at radius 2 is 1.91 bits per heavy atom. The number of carbonyl (C=O) groups is 3. The normalized spacial score (nSPS) is 12.3. The molecular formula is C12H14ClN3O6S. The monoisotopic (exact) mass is 363 g/mol. The Bertz CT molecular complexity index is 749. The number of hydrogen-bond donors (Lipinski definition) is 3. The first kappa shape index (κ1) is 18.9. The van der Waals surface area contributed by atoms with E-state index in [1.807, 2.05) is 0 Å². The summed E-state index contributed by atoms with van der Waals surface area (Å²) in [6.45, 7) is 1.22. The largest absolute Gasteiger partial charge is 0.449 e. The molecule has 0 heterocycles. The van der Waals surface area contributed by atoms with Gasteiger partial charge in [0.2, 0.25) is 10.0 Å². The van der Waals surface area contributed by atoms with Crippen LogP contribution in [0.2, 0.25) is 5.02 Å². The Labute approximate surface area is 137 Å². The van der Waals surface area contributed by atoms with Crippen LogP contribution in [-0.2, 0) is 19.6 Å². The molecule has 0 aliphatic heterocycles. The van der Waals surface area contributed by atoms with Crippen LogP contribution in [0.4, 0.5) is 4.79 Å². The van der Waals surface area contributed by atoms with Gasteiger partial charge in [-0.25, -0.2) is 22.7 Å². The number of sulfonamides is 1. The van der Waals surface area contributed by atoms with Crippen LogP contribution in [-0.4, -0.2) is 39.5 Å². The summed E-state index contributed by atoms with van der Waals surface area (Å²) < 4.78 is 30.5. The fraction of sp³-hybridized carbons (Fsp3) is 0.250. The van der Waals surface area contributed by atoms with E-state index in [9.17, 15) is 22.8 Å². The average molecular weight is 364 g/mol. The zero-order chi connectivity index (χ0) is 17.8. The van der Waals surface area contributed by atoms with Crippen molar-refractivity contribution in [1.29, 1.82) is 0 Å². The van der Waals surface area contributed by atoms with Gasteiger partial charge in [0.05, 0.1) is 10.6 Å². The van der Waals surface area contributed by atoms with E-state index >= 15 is 0 Å². The molecule has 3 amide bonds. The summed E-state index contributed by atoms with van der Waals surface area (Å²) in [5.41, 5.74) is 4.64. The molecule has 1 atom stereocenters. The third kappa shape index (κ3) is 4.91. The highest BCUT2D eigenvalue weighted by molar-refractivity contribution is 7.89. The maximum Gasteiger partial charge on any atom is 0.338 e. The minimum absolute atomic E-state index is 0.0876. The molecular weight excluding hydrogens is 350 g/mol. The van der Waals surface area contributed by atoms with Crippen molar-refractivity contribution >= 4 is 39.5 Å². The van der Waals surface area contributed by atoms with Crippen LogP contribution in [0.5, 0.6) is 0 Å². The zero-order valence-corrected chi connectivity index (χ0v) is 13.7. The van der Waals surface area contributed by atoms with Gasteiger partial charge in [0.25, 0.3) is 5.91 Å². The first-order valence-corrected chi connectivity index (χ1v) is 7.99. The standard InChI is InChI=1S/C12H14ClN3O6S/c1-6(10(17)16-12(14)19)22-11(18)7-3-4-8(13)9(5-7)23(20,21)15-2/h3-6,15H,1-2H3,(H3,14,16,17,19)/t6-/m1/s1. The highest BCUT2D eigenvalue weighted by Crippen LogP contribution is 2.23. The average Bonchev–Trinajstić information content (AvgIpc) is 2.46. The Morgan fingerprint density at radius 3 is 2.43 bits per heavy atom. The second-order valence-electron chi connectivity index (χ2n) is 4.25. The molecule has 0 saturated heterocycles. The van der Waals surface area contributed by atoms with E-state index in [-0.39, 0.29) is 15.5 Å². The third-order valence-corrected chi connectivity index (χ3v) is 4.52. The van der Waals surface area contributed by atoms with E-state index in [0.717, 1.165) is 6.07 Å². The number of ether oxygens (including phenoxy) is 1. The van der Waals surface area contributed by atoms with E-state index in [2.05, 4.69) is 4.72 Å². The van der Waals surface area contributed by atoms with Crippen LogP contribution in [0, 0.1) is 0 Å². The van der Waals surface area contributed by atoms with Gasteiger partial charge >= 0.3 is 12.0 Å². The van der Waals surface area contributed by atoms with Crippen LogP contribution < -0.4 is 15.8 Å². The quantitative estimate of drug-likeness (QED) is 0.627. The van der Waals surface area contributed by atoms with Crippen LogP contribution >= 0.6 is 11.6 Å². The molecule has 0 bridgehead atoms. The van der Waals surface area contributed by atoms with E-state index < -0.39 is 34.0 Å². The molecule has 0 aromatic heterocycles. The number of benzene rings is 1. The number of rotatable bonds is 5. The van der Waals surface area contributed by atoms with Crippen LogP contribution in [0.25, 0.3) is 0 Å². The number of nitrogens with two attached hydrogens (primary N) is 1. The van der Waals surface area contributed by atoms with Gasteiger partial charge < -0.3 is 10.5 Å². The molecule has 11 heteroatoms. The highest BCUT2D eigenvalue weighted by Gasteiger charge is 2.23. The lowest BCUT2D eigenvalue weighted by atomic mass is 10.2. The minimum Gasteiger partial charge on any atom is -0.449 e. The Balaban J connectivity index is 3.00. The lowest BCUT2D eigenvalue weighted by molar-refractivity contribution is -0.127. The second kappa shape index (κ2) is 7.40. The molecule has 0 spiro atoms. The lowest BCUT2D eigenvalue weighted by Crippen LogP contribution is -2.42. The molecule has 0 fully saturated rings. The van der Waals surface area contributed by atoms with Gasteiger partial charge in [-0.1, -0.05) is 11.6 Å². The number of urea groups is 1. The lowest BCUT2D eigenvalue weighted by Gasteiger charge is -2.13. The summed E-state index contributed by atoms with van der Waals surface area (Å²) in [5, 5.41) is 1.66. The minimum atomic E-state index is -3.88. The fourth-order valence-corrected chi connectivity index (χ4v) is 2.70. The third-order valence-electron chi connectivity index (χ3n) is 2.62. The molecule has 0 unspecified atom stereocenters. The molecule has 1 rings (SSSR count). The first-order chi connectivity index (χ1) is 10.6. The summed E-state index contributed by atoms with van der Waals surface area (Å²) in [7, 11) is -2.69.